The molecule has 0 bridgehead atoms. The maximum absolute atomic E-state index is 6.64. The first kappa shape index (κ1) is 15.1. The summed E-state index contributed by atoms with van der Waals surface area (Å²) in [5.74, 6) is 0.416. The van der Waals surface area contributed by atoms with Gasteiger partial charge in [0.2, 0.25) is 0 Å². The van der Waals surface area contributed by atoms with Gasteiger partial charge in [0.1, 0.15) is 0 Å². The summed E-state index contributed by atoms with van der Waals surface area (Å²) in [7, 11) is 0. The fourth-order valence-electron chi connectivity index (χ4n) is 2.92. The summed E-state index contributed by atoms with van der Waals surface area (Å²) in [5.41, 5.74) is 6.76. The first-order valence-corrected chi connectivity index (χ1v) is 7.68. The third-order valence-corrected chi connectivity index (χ3v) is 4.67. The summed E-state index contributed by atoms with van der Waals surface area (Å²) in [6, 6.07) is 14.9. The Morgan fingerprint density at radius 2 is 1.50 bits per heavy atom. The number of hydrogen-bond donors (Lipinski definition) is 0. The largest absolute Gasteiger partial charge is 0.118 e. The van der Waals surface area contributed by atoms with Crippen LogP contribution in [-0.2, 0) is 6.42 Å². The minimum Gasteiger partial charge on any atom is -0.118 e. The van der Waals surface area contributed by atoms with Crippen LogP contribution in [0.2, 0.25) is 0 Å². The van der Waals surface area contributed by atoms with Crippen molar-refractivity contribution >= 4 is 11.6 Å². The van der Waals surface area contributed by atoms with Crippen LogP contribution < -0.4 is 0 Å². The molecule has 0 aliphatic heterocycles. The van der Waals surface area contributed by atoms with E-state index in [0.717, 1.165) is 6.42 Å². The summed E-state index contributed by atoms with van der Waals surface area (Å²) in [6.45, 7) is 8.80. The van der Waals surface area contributed by atoms with Crippen molar-refractivity contribution in [1.29, 1.82) is 0 Å². The van der Waals surface area contributed by atoms with Crippen LogP contribution in [0.15, 0.2) is 42.5 Å². The maximum atomic E-state index is 6.64. The van der Waals surface area contributed by atoms with Gasteiger partial charge < -0.3 is 0 Å². The first-order chi connectivity index (χ1) is 9.49. The molecule has 0 amide bonds. The number of rotatable bonds is 4. The molecule has 106 valence electrons. The molecular formula is C19H23Cl. The van der Waals surface area contributed by atoms with Crippen molar-refractivity contribution in [1.82, 2.24) is 0 Å². The highest BCUT2D eigenvalue weighted by Gasteiger charge is 2.18. The molecule has 0 aliphatic carbocycles. The Kier molecular flexibility index (Phi) is 4.88. The van der Waals surface area contributed by atoms with Crippen molar-refractivity contribution in [3.05, 3.63) is 70.3 Å². The van der Waals surface area contributed by atoms with Gasteiger partial charge in [0, 0.05) is 0 Å². The zero-order valence-electron chi connectivity index (χ0n) is 12.8. The van der Waals surface area contributed by atoms with Gasteiger partial charge in [0.25, 0.3) is 0 Å². The average molecular weight is 287 g/mol. The predicted molar refractivity (Wildman–Crippen MR) is 88.6 cm³/mol. The zero-order valence-corrected chi connectivity index (χ0v) is 13.5. The Morgan fingerprint density at radius 3 is 2.05 bits per heavy atom. The van der Waals surface area contributed by atoms with Crippen LogP contribution in [0.3, 0.4) is 0 Å². The van der Waals surface area contributed by atoms with E-state index in [9.17, 15) is 0 Å². The highest BCUT2D eigenvalue weighted by Crippen LogP contribution is 2.32. The monoisotopic (exact) mass is 286 g/mol. The molecule has 2 aromatic rings. The van der Waals surface area contributed by atoms with Gasteiger partial charge in [-0.1, -0.05) is 55.0 Å². The third-order valence-electron chi connectivity index (χ3n) is 3.98. The number of halogens is 1. The molecule has 0 aliphatic rings. The second kappa shape index (κ2) is 6.45. The van der Waals surface area contributed by atoms with Gasteiger partial charge in [-0.25, -0.2) is 0 Å². The number of hydrogen-bond acceptors (Lipinski definition) is 0. The van der Waals surface area contributed by atoms with Crippen LogP contribution in [0.25, 0.3) is 0 Å². The van der Waals surface area contributed by atoms with Gasteiger partial charge in [-0.05, 0) is 55.4 Å². The van der Waals surface area contributed by atoms with Gasteiger partial charge in [-0.2, -0.15) is 0 Å². The molecule has 0 fully saturated rings. The summed E-state index contributed by atoms with van der Waals surface area (Å²) in [4.78, 5) is 0. The van der Waals surface area contributed by atoms with Crippen molar-refractivity contribution in [3.8, 4) is 0 Å². The minimum atomic E-state index is 0.0660. The Labute approximate surface area is 127 Å². The fourth-order valence-corrected chi connectivity index (χ4v) is 3.16. The Balaban J connectivity index is 2.18. The highest BCUT2D eigenvalue weighted by atomic mass is 35.5. The lowest BCUT2D eigenvalue weighted by atomic mass is 9.88. The normalized spacial score (nSPS) is 14.1. The SMILES string of the molecule is Cc1cc(C)c(CC(C)C(Cl)c2ccccc2)c(C)c1. The lowest BCUT2D eigenvalue weighted by Crippen LogP contribution is -2.09. The number of alkyl halides is 1. The van der Waals surface area contributed by atoms with Crippen LogP contribution in [0.4, 0.5) is 0 Å². The van der Waals surface area contributed by atoms with E-state index in [1.807, 2.05) is 6.07 Å². The third kappa shape index (κ3) is 3.43. The molecule has 0 saturated heterocycles. The standard InChI is InChI=1S/C19H23Cl/c1-13-10-14(2)18(15(3)11-13)12-16(4)19(20)17-8-6-5-7-9-17/h5-11,16,19H,12H2,1-4H3. The quantitative estimate of drug-likeness (QED) is 0.626. The van der Waals surface area contributed by atoms with Crippen molar-refractivity contribution in [2.75, 3.05) is 0 Å². The molecule has 0 nitrogen and oxygen atoms in total. The van der Waals surface area contributed by atoms with Gasteiger partial charge in [-0.15, -0.1) is 11.6 Å². The van der Waals surface area contributed by atoms with E-state index in [2.05, 4.69) is 64.1 Å². The van der Waals surface area contributed by atoms with E-state index in [-0.39, 0.29) is 5.38 Å². The molecule has 0 aromatic heterocycles. The molecule has 2 rings (SSSR count). The molecule has 0 heterocycles. The smallest absolute Gasteiger partial charge is 0.0613 e. The van der Waals surface area contributed by atoms with Crippen molar-refractivity contribution in [2.24, 2.45) is 5.92 Å². The van der Waals surface area contributed by atoms with Crippen LogP contribution in [0, 0.1) is 26.7 Å². The Hall–Kier alpha value is -1.27. The van der Waals surface area contributed by atoms with Crippen LogP contribution >= 0.6 is 11.6 Å². The van der Waals surface area contributed by atoms with Gasteiger partial charge >= 0.3 is 0 Å². The lowest BCUT2D eigenvalue weighted by molar-refractivity contribution is 0.555. The first-order valence-electron chi connectivity index (χ1n) is 7.24. The number of benzene rings is 2. The molecule has 0 radical (unpaired) electrons. The van der Waals surface area contributed by atoms with Crippen LogP contribution in [0.1, 0.15) is 40.1 Å². The average Bonchev–Trinajstić information content (AvgIpc) is 2.42. The second-order valence-electron chi connectivity index (χ2n) is 5.87. The minimum absolute atomic E-state index is 0.0660. The van der Waals surface area contributed by atoms with Gasteiger partial charge in [0.15, 0.2) is 0 Å². The zero-order chi connectivity index (χ0) is 14.7. The van der Waals surface area contributed by atoms with E-state index >= 15 is 0 Å². The number of aryl methyl sites for hydroxylation is 3. The Bertz CT molecular complexity index is 549. The van der Waals surface area contributed by atoms with E-state index in [1.165, 1.54) is 27.8 Å². The molecule has 1 heteroatoms. The maximum Gasteiger partial charge on any atom is 0.0613 e. The summed E-state index contributed by atoms with van der Waals surface area (Å²) < 4.78 is 0. The van der Waals surface area contributed by atoms with Crippen molar-refractivity contribution in [3.63, 3.8) is 0 Å². The van der Waals surface area contributed by atoms with Crippen molar-refractivity contribution < 1.29 is 0 Å². The summed E-state index contributed by atoms with van der Waals surface area (Å²) in [5, 5.41) is 0.0660. The van der Waals surface area contributed by atoms with E-state index < -0.39 is 0 Å². The van der Waals surface area contributed by atoms with E-state index in [4.69, 9.17) is 11.6 Å². The fraction of sp³-hybridized carbons (Fsp3) is 0.368. The van der Waals surface area contributed by atoms with Gasteiger partial charge in [0.05, 0.1) is 5.38 Å². The molecule has 0 saturated carbocycles. The summed E-state index contributed by atoms with van der Waals surface area (Å²) in [6.07, 6.45) is 1.03. The summed E-state index contributed by atoms with van der Waals surface area (Å²) >= 11 is 6.64. The van der Waals surface area contributed by atoms with Crippen LogP contribution in [0.5, 0.6) is 0 Å². The lowest BCUT2D eigenvalue weighted by Gasteiger charge is -2.21. The van der Waals surface area contributed by atoms with E-state index in [0.29, 0.717) is 5.92 Å². The molecule has 0 N–H and O–H groups in total. The molecule has 2 aromatic carbocycles. The van der Waals surface area contributed by atoms with Gasteiger partial charge in [-0.3, -0.25) is 0 Å². The van der Waals surface area contributed by atoms with Crippen molar-refractivity contribution in [2.45, 2.75) is 39.5 Å². The highest BCUT2D eigenvalue weighted by molar-refractivity contribution is 6.21. The molecular weight excluding hydrogens is 264 g/mol. The predicted octanol–water partition coefficient (Wildman–Crippen LogP) is 5.77. The van der Waals surface area contributed by atoms with Crippen LogP contribution in [-0.4, -0.2) is 0 Å². The molecule has 2 atom stereocenters. The molecule has 0 spiro atoms. The molecule has 20 heavy (non-hydrogen) atoms. The Morgan fingerprint density at radius 1 is 0.950 bits per heavy atom. The topological polar surface area (TPSA) is 0 Å². The second-order valence-corrected chi connectivity index (χ2v) is 6.34. The molecule has 2 unspecified atom stereocenters. The van der Waals surface area contributed by atoms with E-state index in [1.54, 1.807) is 0 Å².